The summed E-state index contributed by atoms with van der Waals surface area (Å²) in [5, 5.41) is 3.58. The van der Waals surface area contributed by atoms with E-state index >= 15 is 0 Å². The third-order valence-corrected chi connectivity index (χ3v) is 4.45. The molecule has 1 N–H and O–H groups in total. The van der Waals surface area contributed by atoms with E-state index in [1.807, 2.05) is 0 Å². The third-order valence-electron chi connectivity index (χ3n) is 4.45. The Labute approximate surface area is 126 Å². The second-order valence-electron chi connectivity index (χ2n) is 7.73. The topological polar surface area (TPSA) is 15.3 Å². The second-order valence-corrected chi connectivity index (χ2v) is 7.73. The maximum absolute atomic E-state index is 13.9. The molecule has 1 heterocycles. The van der Waals surface area contributed by atoms with Crippen molar-refractivity contribution >= 4 is 0 Å². The molecular formula is C17H26F2N2. The van der Waals surface area contributed by atoms with Crippen molar-refractivity contribution in [2.75, 3.05) is 13.1 Å². The molecule has 0 radical (unpaired) electrons. The molecule has 4 heteroatoms. The zero-order chi connectivity index (χ0) is 15.8. The van der Waals surface area contributed by atoms with Gasteiger partial charge in [0.2, 0.25) is 0 Å². The van der Waals surface area contributed by atoms with Crippen LogP contribution in [0.5, 0.6) is 0 Å². The molecule has 1 fully saturated rings. The summed E-state index contributed by atoms with van der Waals surface area (Å²) in [6.07, 6.45) is 0. The summed E-state index contributed by atoms with van der Waals surface area (Å²) in [4.78, 5) is 2.25. The highest BCUT2D eigenvalue weighted by Crippen LogP contribution is 2.29. The first-order valence-corrected chi connectivity index (χ1v) is 7.52. The van der Waals surface area contributed by atoms with Crippen LogP contribution in [0.4, 0.5) is 8.78 Å². The summed E-state index contributed by atoms with van der Waals surface area (Å²) < 4.78 is 27.3. The number of rotatable bonds is 2. The van der Waals surface area contributed by atoms with Crippen LogP contribution in [-0.2, 0) is 6.54 Å². The lowest BCUT2D eigenvalue weighted by Gasteiger charge is -2.49. The fourth-order valence-electron chi connectivity index (χ4n) is 2.75. The highest BCUT2D eigenvalue weighted by molar-refractivity contribution is 5.19. The Balaban J connectivity index is 2.20. The molecule has 118 valence electrons. The van der Waals surface area contributed by atoms with Crippen LogP contribution in [-0.4, -0.2) is 29.6 Å². The monoisotopic (exact) mass is 296 g/mol. The van der Waals surface area contributed by atoms with Gasteiger partial charge >= 0.3 is 0 Å². The van der Waals surface area contributed by atoms with Crippen LogP contribution in [0.3, 0.4) is 0 Å². The van der Waals surface area contributed by atoms with Crippen molar-refractivity contribution < 1.29 is 8.78 Å². The van der Waals surface area contributed by atoms with Crippen LogP contribution in [0.1, 0.15) is 40.2 Å². The van der Waals surface area contributed by atoms with Crippen molar-refractivity contribution in [3.63, 3.8) is 0 Å². The lowest BCUT2D eigenvalue weighted by atomic mass is 9.82. The van der Waals surface area contributed by atoms with Gasteiger partial charge in [0.25, 0.3) is 0 Å². The van der Waals surface area contributed by atoms with Gasteiger partial charge in [-0.15, -0.1) is 0 Å². The van der Waals surface area contributed by atoms with E-state index < -0.39 is 0 Å². The van der Waals surface area contributed by atoms with Gasteiger partial charge in [-0.3, -0.25) is 4.90 Å². The van der Waals surface area contributed by atoms with Crippen molar-refractivity contribution in [2.45, 2.75) is 52.7 Å². The number of halogens is 2. The second kappa shape index (κ2) is 5.65. The first-order chi connectivity index (χ1) is 9.59. The van der Waals surface area contributed by atoms with E-state index in [2.05, 4.69) is 44.8 Å². The van der Waals surface area contributed by atoms with Gasteiger partial charge in [0, 0.05) is 36.8 Å². The maximum Gasteiger partial charge on any atom is 0.127 e. The molecule has 1 saturated heterocycles. The van der Waals surface area contributed by atoms with E-state index in [1.165, 1.54) is 18.2 Å². The smallest absolute Gasteiger partial charge is 0.127 e. The Morgan fingerprint density at radius 2 is 1.95 bits per heavy atom. The van der Waals surface area contributed by atoms with Crippen molar-refractivity contribution in [1.82, 2.24) is 10.2 Å². The molecule has 2 rings (SSSR count). The molecule has 1 aliphatic rings. The number of hydrogen-bond acceptors (Lipinski definition) is 2. The minimum absolute atomic E-state index is 0.0828. The van der Waals surface area contributed by atoms with Gasteiger partial charge in [-0.2, -0.15) is 0 Å². The lowest BCUT2D eigenvalue weighted by Crippen LogP contribution is -2.64. The predicted octanol–water partition coefficient (Wildman–Crippen LogP) is 3.56. The third kappa shape index (κ3) is 3.80. The summed E-state index contributed by atoms with van der Waals surface area (Å²) in [7, 11) is 0. The summed E-state index contributed by atoms with van der Waals surface area (Å²) >= 11 is 0. The molecule has 0 spiro atoms. The van der Waals surface area contributed by atoms with E-state index in [1.54, 1.807) is 0 Å². The average molecular weight is 296 g/mol. The molecule has 0 amide bonds. The number of nitrogens with one attached hydrogen (secondary N) is 1. The highest BCUT2D eigenvalue weighted by atomic mass is 19.1. The Kier molecular flexibility index (Phi) is 4.41. The van der Waals surface area contributed by atoms with Crippen LogP contribution in [0.25, 0.3) is 0 Å². The predicted molar refractivity (Wildman–Crippen MR) is 82.1 cm³/mol. The molecular weight excluding hydrogens is 270 g/mol. The standard InChI is InChI=1S/C17H26F2N2/c1-16(2,3)15-10-21(17(4,5)11-20-15)9-12-8-13(18)6-7-14(12)19/h6-8,15,20H,9-11H2,1-5H3. The number of nitrogens with zero attached hydrogens (tertiary/aromatic N) is 1. The Morgan fingerprint density at radius 1 is 1.29 bits per heavy atom. The lowest BCUT2D eigenvalue weighted by molar-refractivity contribution is 0.0287. The van der Waals surface area contributed by atoms with Crippen molar-refractivity contribution in [3.8, 4) is 0 Å². The summed E-state index contributed by atoms with van der Waals surface area (Å²) in [5.41, 5.74) is 0.480. The maximum atomic E-state index is 13.9. The number of piperazine rings is 1. The molecule has 0 aliphatic carbocycles. The molecule has 1 atom stereocenters. The molecule has 1 aromatic rings. The Morgan fingerprint density at radius 3 is 2.57 bits per heavy atom. The molecule has 0 aromatic heterocycles. The van der Waals surface area contributed by atoms with Crippen LogP contribution >= 0.6 is 0 Å². The largest absolute Gasteiger partial charge is 0.310 e. The van der Waals surface area contributed by atoms with Gasteiger partial charge in [-0.1, -0.05) is 20.8 Å². The van der Waals surface area contributed by atoms with Crippen LogP contribution in [0.15, 0.2) is 18.2 Å². The molecule has 2 nitrogen and oxygen atoms in total. The quantitative estimate of drug-likeness (QED) is 0.897. The number of hydrogen-bond donors (Lipinski definition) is 1. The summed E-state index contributed by atoms with van der Waals surface area (Å²) in [5.74, 6) is -0.718. The normalized spacial score (nSPS) is 23.3. The van der Waals surface area contributed by atoms with Crippen LogP contribution in [0, 0.1) is 17.0 Å². The zero-order valence-corrected chi connectivity index (χ0v) is 13.6. The molecule has 1 aromatic carbocycles. The minimum Gasteiger partial charge on any atom is -0.310 e. The van der Waals surface area contributed by atoms with Gasteiger partial charge in [-0.25, -0.2) is 8.78 Å². The van der Waals surface area contributed by atoms with E-state index in [4.69, 9.17) is 0 Å². The zero-order valence-electron chi connectivity index (χ0n) is 13.6. The van der Waals surface area contributed by atoms with Crippen LogP contribution in [0.2, 0.25) is 0 Å². The first kappa shape index (κ1) is 16.4. The van der Waals surface area contributed by atoms with Crippen molar-refractivity contribution in [1.29, 1.82) is 0 Å². The van der Waals surface area contributed by atoms with Crippen LogP contribution < -0.4 is 5.32 Å². The summed E-state index contributed by atoms with van der Waals surface area (Å²) in [6.45, 7) is 13.0. The van der Waals surface area contributed by atoms with E-state index in [0.29, 0.717) is 18.2 Å². The minimum atomic E-state index is -0.383. The number of benzene rings is 1. The van der Waals surface area contributed by atoms with Crippen molar-refractivity contribution in [2.24, 2.45) is 5.41 Å². The molecule has 21 heavy (non-hydrogen) atoms. The summed E-state index contributed by atoms with van der Waals surface area (Å²) in [6, 6.07) is 4.02. The van der Waals surface area contributed by atoms with E-state index in [0.717, 1.165) is 13.1 Å². The van der Waals surface area contributed by atoms with Gasteiger partial charge < -0.3 is 5.32 Å². The fraction of sp³-hybridized carbons (Fsp3) is 0.647. The van der Waals surface area contributed by atoms with Gasteiger partial charge in [0.15, 0.2) is 0 Å². The highest BCUT2D eigenvalue weighted by Gasteiger charge is 2.38. The Bertz CT molecular complexity index is 506. The van der Waals surface area contributed by atoms with Crippen molar-refractivity contribution in [3.05, 3.63) is 35.4 Å². The molecule has 0 saturated carbocycles. The van der Waals surface area contributed by atoms with E-state index in [9.17, 15) is 8.78 Å². The van der Waals surface area contributed by atoms with Gasteiger partial charge in [0.05, 0.1) is 0 Å². The van der Waals surface area contributed by atoms with Gasteiger partial charge in [0.1, 0.15) is 11.6 Å². The SMILES string of the molecule is CC(C)(C)C1CN(Cc2cc(F)ccc2F)C(C)(C)CN1. The Hall–Kier alpha value is -1.00. The first-order valence-electron chi connectivity index (χ1n) is 7.52. The van der Waals surface area contributed by atoms with Gasteiger partial charge in [-0.05, 0) is 37.5 Å². The molecule has 1 unspecified atom stereocenters. The fourth-order valence-corrected chi connectivity index (χ4v) is 2.75. The molecule has 0 bridgehead atoms. The average Bonchev–Trinajstić information content (AvgIpc) is 2.34. The molecule has 1 aliphatic heterocycles. The van der Waals surface area contributed by atoms with E-state index in [-0.39, 0.29) is 22.6 Å².